The molecule has 6 heterocycles. The van der Waals surface area contributed by atoms with Crippen LogP contribution < -0.4 is 27.0 Å². The number of phenolic OH excluding ortho intramolecular Hbond substituents is 1. The van der Waals surface area contributed by atoms with E-state index in [0.29, 0.717) is 67.3 Å². The number of hydrogen-bond acceptors (Lipinski definition) is 10. The first-order valence-corrected chi connectivity index (χ1v) is 24.5. The number of alkyl halides is 2. The second-order valence-electron chi connectivity index (χ2n) is 21.2. The number of likely N-dealkylation sites (tertiary alicyclic amines) is 3. The molecule has 4 unspecified atom stereocenters. The van der Waals surface area contributed by atoms with Crippen molar-refractivity contribution in [3.63, 3.8) is 0 Å². The molecule has 17 heteroatoms. The molecule has 15 nitrogen and oxygen atoms in total. The lowest BCUT2D eigenvalue weighted by Gasteiger charge is -2.61. The van der Waals surface area contributed by atoms with Crippen molar-refractivity contribution >= 4 is 41.4 Å². The molecule has 4 aliphatic heterocycles. The van der Waals surface area contributed by atoms with Crippen molar-refractivity contribution in [2.75, 3.05) is 49.9 Å². The Kier molecular flexibility index (Phi) is 13.3. The molecule has 4 aromatic rings. The Morgan fingerprint density at radius 3 is 2.31 bits per heavy atom. The number of anilines is 2. The van der Waals surface area contributed by atoms with Crippen molar-refractivity contribution < 1.29 is 28.3 Å². The summed E-state index contributed by atoms with van der Waals surface area (Å²) in [6, 6.07) is 11.2. The van der Waals surface area contributed by atoms with Crippen LogP contribution in [0.2, 0.25) is 0 Å². The van der Waals surface area contributed by atoms with Crippen molar-refractivity contribution in [2.24, 2.45) is 16.6 Å². The van der Waals surface area contributed by atoms with Gasteiger partial charge in [0.05, 0.1) is 6.04 Å². The predicted octanol–water partition coefficient (Wildman–Crippen LogP) is 6.54. The first-order chi connectivity index (χ1) is 33.4. The van der Waals surface area contributed by atoms with Gasteiger partial charge in [0.1, 0.15) is 29.7 Å². The van der Waals surface area contributed by atoms with Crippen LogP contribution in [-0.2, 0) is 16.0 Å². The van der Waals surface area contributed by atoms with Crippen LogP contribution in [0.5, 0.6) is 5.75 Å². The molecule has 0 bridgehead atoms. The number of carbonyl (C=O) groups excluding carboxylic acids is 3. The number of hydrogen-bond donors (Lipinski definition) is 6. The van der Waals surface area contributed by atoms with Crippen LogP contribution in [0.3, 0.4) is 0 Å². The van der Waals surface area contributed by atoms with E-state index in [1.807, 2.05) is 56.9 Å². The van der Waals surface area contributed by atoms with Gasteiger partial charge in [0.2, 0.25) is 17.8 Å². The van der Waals surface area contributed by atoms with Crippen LogP contribution in [0.15, 0.2) is 60.9 Å². The molecule has 2 aromatic carbocycles. The predicted molar refractivity (Wildman–Crippen MR) is 265 cm³/mol. The number of urea groups is 1. The Morgan fingerprint density at radius 2 is 1.67 bits per heavy atom. The van der Waals surface area contributed by atoms with Gasteiger partial charge in [0.15, 0.2) is 0 Å². The Labute approximate surface area is 408 Å². The van der Waals surface area contributed by atoms with E-state index in [4.69, 9.17) is 17.9 Å². The van der Waals surface area contributed by atoms with Gasteiger partial charge in [-0.3, -0.25) is 9.59 Å². The number of carbonyl (C=O) groups is 3. The number of nitrogens with two attached hydrogens (primary N) is 2. The number of piperidine rings is 1. The third kappa shape index (κ3) is 9.49. The summed E-state index contributed by atoms with van der Waals surface area (Å²) >= 11 is 0. The average Bonchev–Trinajstić information content (AvgIpc) is 3.94. The van der Waals surface area contributed by atoms with E-state index in [9.17, 15) is 19.5 Å². The number of phenols is 1. The lowest BCUT2D eigenvalue weighted by atomic mass is 9.60. The normalized spacial score (nSPS) is 21.7. The highest BCUT2D eigenvalue weighted by molar-refractivity contribution is 5.93. The molecule has 9 rings (SSSR count). The maximum Gasteiger partial charge on any atom is 0.318 e. The second kappa shape index (κ2) is 19.3. The number of terminal acetylenes is 1. The Hall–Kier alpha value is -6.67. The van der Waals surface area contributed by atoms with Crippen LogP contribution in [0, 0.1) is 23.2 Å². The fraction of sp³-hybridized carbons (Fsp3) is 0.491. The maximum atomic E-state index is 15.1. The number of aromatic nitrogens is 3. The first-order valence-electron chi connectivity index (χ1n) is 24.5. The van der Waals surface area contributed by atoms with Crippen LogP contribution in [0.25, 0.3) is 11.8 Å². The third-order valence-corrected chi connectivity index (χ3v) is 15.4. The first kappa shape index (κ1) is 48.4. The summed E-state index contributed by atoms with van der Waals surface area (Å²) in [7, 11) is 0. The van der Waals surface area contributed by atoms with Gasteiger partial charge < -0.3 is 51.8 Å². The lowest BCUT2D eigenvalue weighted by molar-refractivity contribution is -0.142. The van der Waals surface area contributed by atoms with Gasteiger partial charge in [-0.1, -0.05) is 51.0 Å². The minimum atomic E-state index is -2.78. The van der Waals surface area contributed by atoms with Crippen molar-refractivity contribution in [3.05, 3.63) is 100.0 Å². The molecule has 1 spiro atoms. The van der Waals surface area contributed by atoms with E-state index in [0.717, 1.165) is 55.5 Å². The number of aromatic amines is 1. The SMILES string of the molecule is C#Cc1ccc(C(C)NC(=O)C2CCCN2C(=O)C(NC(=O)N2CC3(CC(N4CCC(c5cnc(N6CCc7[nH]c(N)c(/C=C(\N)c8ccccc8O)c7C6C(F)F)nc5)CC4)C3)C2)C(C)(C)C)cc1. The number of nitrogens with one attached hydrogen (secondary N) is 3. The van der Waals surface area contributed by atoms with E-state index in [2.05, 4.69) is 36.4 Å². The van der Waals surface area contributed by atoms with Gasteiger partial charge >= 0.3 is 6.03 Å². The third-order valence-electron chi connectivity index (χ3n) is 15.4. The summed E-state index contributed by atoms with van der Waals surface area (Å²) in [5, 5.41) is 16.5. The minimum absolute atomic E-state index is 0.0262. The summed E-state index contributed by atoms with van der Waals surface area (Å²) in [6.45, 7) is 11.5. The average molecular weight is 958 g/mol. The van der Waals surface area contributed by atoms with Crippen molar-refractivity contribution in [2.45, 2.75) is 115 Å². The van der Waals surface area contributed by atoms with Gasteiger partial charge in [0.25, 0.3) is 6.43 Å². The summed E-state index contributed by atoms with van der Waals surface area (Å²) in [5.41, 5.74) is 16.7. The highest BCUT2D eigenvalue weighted by Gasteiger charge is 2.56. The molecule has 3 saturated heterocycles. The van der Waals surface area contributed by atoms with Gasteiger partial charge in [-0.05, 0) is 111 Å². The van der Waals surface area contributed by atoms with Crippen molar-refractivity contribution in [1.82, 2.24) is 40.3 Å². The topological polar surface area (TPSA) is 202 Å². The highest BCUT2D eigenvalue weighted by atomic mass is 19.3. The number of nitrogens with zero attached hydrogens (tertiary/aromatic N) is 6. The zero-order chi connectivity index (χ0) is 49.6. The molecule has 4 atom stereocenters. The summed E-state index contributed by atoms with van der Waals surface area (Å²) < 4.78 is 30.1. The molecule has 4 fully saturated rings. The Balaban J connectivity index is 0.753. The summed E-state index contributed by atoms with van der Waals surface area (Å²) in [6.07, 6.45) is 13.4. The fourth-order valence-electron chi connectivity index (χ4n) is 11.5. The number of benzene rings is 2. The number of para-hydroxylation sites is 1. The van der Waals surface area contributed by atoms with Crippen molar-refractivity contribution in [3.8, 4) is 18.1 Å². The zero-order valence-electron chi connectivity index (χ0n) is 40.4. The number of rotatable bonds is 11. The van der Waals surface area contributed by atoms with Crippen LogP contribution in [0.4, 0.5) is 25.3 Å². The smallest absolute Gasteiger partial charge is 0.318 e. The standard InChI is InChI=1S/C53H65F2N11O4/c1-6-32-13-15-33(16-14-32)31(2)60-48(68)41-11-9-20-65(41)49(69)45(52(3,4)5)62-51(70)64-29-53(30-64)25-36(26-53)63-21-17-34(18-22-63)35-27-58-50(59-28-35)66-23-19-40-43(44(66)46(54)55)38(47(57)61-40)24-39(56)37-10-7-8-12-42(37)67/h1,7-8,10,12-16,24,27-28,31,34,36,41,44-46,61,67H,9,11,17-23,25-26,29-30,56-57H2,2-5H3,(H,60,68)(H,62,70)/b39-24-. The molecular formula is C53H65F2N11O4. The Bertz CT molecular complexity index is 2650. The van der Waals surface area contributed by atoms with E-state index >= 15 is 8.78 Å². The minimum Gasteiger partial charge on any atom is -0.507 e. The quantitative estimate of drug-likeness (QED) is 0.0898. The number of halogens is 2. The molecule has 1 aliphatic carbocycles. The second-order valence-corrected chi connectivity index (χ2v) is 21.2. The van der Waals surface area contributed by atoms with E-state index in [-0.39, 0.29) is 65.0 Å². The Morgan fingerprint density at radius 1 is 0.986 bits per heavy atom. The molecule has 0 radical (unpaired) electrons. The van der Waals surface area contributed by atoms with E-state index in [1.54, 1.807) is 35.5 Å². The monoisotopic (exact) mass is 958 g/mol. The number of nitrogen functional groups attached to an aromatic ring is 1. The number of amides is 4. The lowest BCUT2D eigenvalue weighted by Crippen LogP contribution is -2.70. The fourth-order valence-corrected chi connectivity index (χ4v) is 11.5. The highest BCUT2D eigenvalue weighted by Crippen LogP contribution is 2.51. The molecule has 1 saturated carbocycles. The molecular weight excluding hydrogens is 893 g/mol. The van der Waals surface area contributed by atoms with Crippen LogP contribution >= 0.6 is 0 Å². The van der Waals surface area contributed by atoms with Gasteiger partial charge in [-0.2, -0.15) is 0 Å². The van der Waals surface area contributed by atoms with Crippen molar-refractivity contribution in [1.29, 1.82) is 0 Å². The number of fused-ring (bicyclic) bond motifs is 1. The van der Waals surface area contributed by atoms with Gasteiger partial charge in [-0.25, -0.2) is 23.5 Å². The number of aromatic hydroxyl groups is 1. The van der Waals surface area contributed by atoms with Gasteiger partial charge in [-0.15, -0.1) is 6.42 Å². The zero-order valence-corrected chi connectivity index (χ0v) is 40.4. The largest absolute Gasteiger partial charge is 0.507 e. The summed E-state index contributed by atoms with van der Waals surface area (Å²) in [4.78, 5) is 61.4. The van der Waals surface area contributed by atoms with E-state index < -0.39 is 30.0 Å². The maximum absolute atomic E-state index is 15.1. The molecule has 70 heavy (non-hydrogen) atoms. The molecule has 8 N–H and O–H groups in total. The molecule has 370 valence electrons. The molecule has 2 aromatic heterocycles. The van der Waals surface area contributed by atoms with Crippen LogP contribution in [-0.4, -0.2) is 116 Å². The molecule has 4 amide bonds. The van der Waals surface area contributed by atoms with Gasteiger partial charge in [0, 0.05) is 90.1 Å². The number of H-pyrrole nitrogens is 1. The molecule has 5 aliphatic rings. The summed E-state index contributed by atoms with van der Waals surface area (Å²) in [5.74, 6) is 2.81. The van der Waals surface area contributed by atoms with E-state index in [1.165, 1.54) is 17.0 Å². The van der Waals surface area contributed by atoms with Crippen LogP contribution in [0.1, 0.15) is 123 Å².